The highest BCUT2D eigenvalue weighted by Gasteiger charge is 2.40. The van der Waals surface area contributed by atoms with Gasteiger partial charge >= 0.3 is 11.9 Å². The van der Waals surface area contributed by atoms with Crippen LogP contribution in [0, 0.1) is 17.8 Å². The summed E-state index contributed by atoms with van der Waals surface area (Å²) in [4.78, 5) is 45.5. The third-order valence-corrected chi connectivity index (χ3v) is 5.35. The number of rotatable bonds is 7. The molecule has 1 N–H and O–H groups in total. The Kier molecular flexibility index (Phi) is 9.52. The number of Topliss-reactive ketones (excluding diaryl/α,β-unsaturated/α-hetero) is 2. The Hall–Kier alpha value is -1.72. The fraction of sp³-hybridized carbons (Fsp3) is 0.800. The van der Waals surface area contributed by atoms with Gasteiger partial charge in [-0.25, -0.2) is 0 Å². The van der Waals surface area contributed by atoms with Gasteiger partial charge in [0.1, 0.15) is 5.78 Å². The molecule has 2 fully saturated rings. The largest absolute Gasteiger partial charge is 0.480 e. The number of esters is 1. The predicted octanol–water partition coefficient (Wildman–Crippen LogP) is 3.55. The van der Waals surface area contributed by atoms with Gasteiger partial charge in [-0.1, -0.05) is 32.6 Å². The van der Waals surface area contributed by atoms with E-state index in [9.17, 15) is 19.2 Å². The molecule has 0 amide bonds. The van der Waals surface area contributed by atoms with Crippen LogP contribution in [0.3, 0.4) is 0 Å². The summed E-state index contributed by atoms with van der Waals surface area (Å²) in [5, 5.41) is 9.04. The zero-order valence-electron chi connectivity index (χ0n) is 16.2. The monoisotopic (exact) mass is 368 g/mol. The Labute approximate surface area is 155 Å². The molecule has 0 aromatic rings. The van der Waals surface area contributed by atoms with Gasteiger partial charge in [-0.3, -0.25) is 19.2 Å². The van der Waals surface area contributed by atoms with Crippen molar-refractivity contribution in [3.8, 4) is 0 Å². The van der Waals surface area contributed by atoms with Crippen molar-refractivity contribution >= 4 is 23.5 Å². The fourth-order valence-electron chi connectivity index (χ4n) is 3.47. The van der Waals surface area contributed by atoms with E-state index in [1.54, 1.807) is 13.8 Å². The summed E-state index contributed by atoms with van der Waals surface area (Å²) in [5.74, 6) is -3.95. The normalized spacial score (nSPS) is 20.0. The lowest BCUT2D eigenvalue weighted by Crippen LogP contribution is -2.37. The Balaban J connectivity index is 0.000000350. The molecule has 2 unspecified atom stereocenters. The van der Waals surface area contributed by atoms with E-state index in [2.05, 4.69) is 0 Å². The lowest BCUT2D eigenvalue weighted by molar-refractivity contribution is -0.165. The van der Waals surface area contributed by atoms with Gasteiger partial charge in [0.05, 0.1) is 6.10 Å². The minimum absolute atomic E-state index is 0.296. The molecule has 0 saturated heterocycles. The second-order valence-corrected chi connectivity index (χ2v) is 7.40. The molecule has 0 aromatic heterocycles. The molecular formula is C20H32O6. The molecule has 26 heavy (non-hydrogen) atoms. The fourth-order valence-corrected chi connectivity index (χ4v) is 3.47. The number of carboxylic acids is 1. The summed E-state index contributed by atoms with van der Waals surface area (Å²) in [6.45, 7) is 5.21. The molecule has 2 aliphatic carbocycles. The average Bonchev–Trinajstić information content (AvgIpc) is 3.28. The molecule has 6 nitrogen and oxygen atoms in total. The van der Waals surface area contributed by atoms with Gasteiger partial charge < -0.3 is 9.84 Å². The molecule has 2 aliphatic rings. The van der Waals surface area contributed by atoms with E-state index < -0.39 is 23.6 Å². The quantitative estimate of drug-likeness (QED) is 0.545. The Bertz CT molecular complexity index is 500. The zero-order valence-corrected chi connectivity index (χ0v) is 16.2. The van der Waals surface area contributed by atoms with Gasteiger partial charge in [-0.05, 0) is 46.0 Å². The van der Waals surface area contributed by atoms with Crippen molar-refractivity contribution < 1.29 is 29.0 Å². The third kappa shape index (κ3) is 6.89. The van der Waals surface area contributed by atoms with Gasteiger partial charge in [0, 0.05) is 11.8 Å². The lowest BCUT2D eigenvalue weighted by atomic mass is 9.91. The first kappa shape index (κ1) is 22.3. The first-order chi connectivity index (χ1) is 12.3. The van der Waals surface area contributed by atoms with Gasteiger partial charge in [0.25, 0.3) is 0 Å². The van der Waals surface area contributed by atoms with Crippen LogP contribution in [0.1, 0.15) is 78.6 Å². The van der Waals surface area contributed by atoms with E-state index >= 15 is 0 Å². The number of hydrogen-bond acceptors (Lipinski definition) is 5. The average molecular weight is 368 g/mol. The van der Waals surface area contributed by atoms with Crippen molar-refractivity contribution in [2.24, 2.45) is 17.8 Å². The number of carbonyl (C=O) groups is 4. The van der Waals surface area contributed by atoms with Crippen LogP contribution in [0.5, 0.6) is 0 Å². The lowest BCUT2D eigenvalue weighted by Gasteiger charge is -2.17. The van der Waals surface area contributed by atoms with Gasteiger partial charge in [0.15, 0.2) is 5.78 Å². The molecule has 0 bridgehead atoms. The van der Waals surface area contributed by atoms with E-state index in [0.29, 0.717) is 31.0 Å². The van der Waals surface area contributed by atoms with Crippen molar-refractivity contribution in [2.75, 3.05) is 0 Å². The molecule has 0 radical (unpaired) electrons. The Morgan fingerprint density at radius 1 is 0.962 bits per heavy atom. The number of ketones is 2. The predicted molar refractivity (Wildman–Crippen MR) is 96.6 cm³/mol. The molecule has 148 valence electrons. The Morgan fingerprint density at radius 3 is 1.77 bits per heavy atom. The maximum Gasteiger partial charge on any atom is 0.328 e. The maximum absolute atomic E-state index is 12.0. The van der Waals surface area contributed by atoms with Crippen molar-refractivity contribution in [2.45, 2.75) is 84.7 Å². The molecular weight excluding hydrogens is 336 g/mol. The van der Waals surface area contributed by atoms with E-state index in [-0.39, 0.29) is 12.0 Å². The highest BCUT2D eigenvalue weighted by atomic mass is 16.5. The standard InChI is InChI=1S/C13H20O5.C7H12O/c1-3-8(2)18-13(17)10(12(15)16)11(14)9-6-4-5-7-9;1-6(8)7-4-2-3-5-7/h8-10H,3-7H2,1-2H3,(H,15,16);7H,2-5H2,1H3. The molecule has 0 spiro atoms. The summed E-state index contributed by atoms with van der Waals surface area (Å²) < 4.78 is 4.96. The van der Waals surface area contributed by atoms with Crippen LogP contribution in [0.25, 0.3) is 0 Å². The van der Waals surface area contributed by atoms with Crippen molar-refractivity contribution in [1.82, 2.24) is 0 Å². The maximum atomic E-state index is 12.0. The molecule has 0 aromatic carbocycles. The molecule has 6 heteroatoms. The number of ether oxygens (including phenoxy) is 1. The molecule has 0 heterocycles. The summed E-state index contributed by atoms with van der Waals surface area (Å²) in [5.41, 5.74) is 0. The van der Waals surface area contributed by atoms with Crippen LogP contribution in [0.4, 0.5) is 0 Å². The summed E-state index contributed by atoms with van der Waals surface area (Å²) in [6, 6.07) is 0. The number of aliphatic carboxylic acids is 1. The van der Waals surface area contributed by atoms with Gasteiger partial charge in [-0.15, -0.1) is 0 Å². The summed E-state index contributed by atoms with van der Waals surface area (Å²) in [7, 11) is 0. The van der Waals surface area contributed by atoms with E-state index in [0.717, 1.165) is 25.7 Å². The second kappa shape index (κ2) is 11.1. The molecule has 0 aliphatic heterocycles. The second-order valence-electron chi connectivity index (χ2n) is 7.40. The van der Waals surface area contributed by atoms with Crippen LogP contribution in [0.15, 0.2) is 0 Å². The number of carboxylic acid groups (broad SMARTS) is 1. The van der Waals surface area contributed by atoms with Gasteiger partial charge in [0.2, 0.25) is 5.92 Å². The van der Waals surface area contributed by atoms with E-state index in [1.165, 1.54) is 12.8 Å². The molecule has 2 saturated carbocycles. The van der Waals surface area contributed by atoms with E-state index in [1.807, 2.05) is 6.92 Å². The van der Waals surface area contributed by atoms with Crippen LogP contribution in [-0.4, -0.2) is 34.7 Å². The third-order valence-electron chi connectivity index (χ3n) is 5.35. The number of carbonyl (C=O) groups excluding carboxylic acids is 3. The van der Waals surface area contributed by atoms with Crippen molar-refractivity contribution in [1.29, 1.82) is 0 Å². The summed E-state index contributed by atoms with van der Waals surface area (Å²) >= 11 is 0. The highest BCUT2D eigenvalue weighted by molar-refractivity contribution is 6.15. The van der Waals surface area contributed by atoms with Crippen LogP contribution in [-0.2, 0) is 23.9 Å². The Morgan fingerprint density at radius 2 is 1.42 bits per heavy atom. The summed E-state index contributed by atoms with van der Waals surface area (Å²) in [6.07, 6.45) is 8.26. The van der Waals surface area contributed by atoms with Crippen LogP contribution in [0.2, 0.25) is 0 Å². The van der Waals surface area contributed by atoms with Crippen LogP contribution < -0.4 is 0 Å². The first-order valence-electron chi connectivity index (χ1n) is 9.75. The SMILES string of the molecule is CC(=O)C1CCCC1.CCC(C)OC(=O)C(C(=O)O)C(=O)C1CCCC1. The minimum Gasteiger partial charge on any atom is -0.480 e. The van der Waals surface area contributed by atoms with Gasteiger partial charge in [-0.2, -0.15) is 0 Å². The first-order valence-corrected chi connectivity index (χ1v) is 9.75. The highest BCUT2D eigenvalue weighted by Crippen LogP contribution is 2.28. The topological polar surface area (TPSA) is 97.7 Å². The number of hydrogen-bond donors (Lipinski definition) is 1. The van der Waals surface area contributed by atoms with Crippen molar-refractivity contribution in [3.05, 3.63) is 0 Å². The smallest absolute Gasteiger partial charge is 0.328 e. The molecule has 2 atom stereocenters. The van der Waals surface area contributed by atoms with Crippen LogP contribution >= 0.6 is 0 Å². The van der Waals surface area contributed by atoms with E-state index in [4.69, 9.17) is 9.84 Å². The zero-order chi connectivity index (χ0) is 19.7. The molecule has 2 rings (SSSR count). The minimum atomic E-state index is -1.65. The van der Waals surface area contributed by atoms with Crippen molar-refractivity contribution in [3.63, 3.8) is 0 Å².